The van der Waals surface area contributed by atoms with Gasteiger partial charge < -0.3 is 4.90 Å². The summed E-state index contributed by atoms with van der Waals surface area (Å²) < 4.78 is 0. The fourth-order valence-corrected chi connectivity index (χ4v) is 1.92. The van der Waals surface area contributed by atoms with E-state index in [0.717, 1.165) is 31.5 Å². The smallest absolute Gasteiger partial charge is 0.269 e. The molecule has 1 aromatic rings. The normalized spacial score (nSPS) is 15.2. The largest absolute Gasteiger partial charge is 0.339 e. The molecule has 0 aromatic heterocycles. The summed E-state index contributed by atoms with van der Waals surface area (Å²) in [5.41, 5.74) is 0.839. The highest BCUT2D eigenvalue weighted by Crippen LogP contribution is 2.13. The van der Waals surface area contributed by atoms with Crippen molar-refractivity contribution >= 4 is 17.7 Å². The van der Waals surface area contributed by atoms with Gasteiger partial charge in [0.25, 0.3) is 5.69 Å². The number of rotatable bonds is 3. The van der Waals surface area contributed by atoms with Crippen molar-refractivity contribution in [2.24, 2.45) is 0 Å². The van der Waals surface area contributed by atoms with E-state index in [4.69, 9.17) is 0 Å². The van der Waals surface area contributed by atoms with Crippen LogP contribution in [0.3, 0.4) is 0 Å². The molecule has 5 heteroatoms. The van der Waals surface area contributed by atoms with Crippen molar-refractivity contribution in [2.45, 2.75) is 12.8 Å². The van der Waals surface area contributed by atoms with Crippen LogP contribution < -0.4 is 0 Å². The third-order valence-corrected chi connectivity index (χ3v) is 2.94. The maximum atomic E-state index is 11.7. The van der Waals surface area contributed by atoms with Crippen LogP contribution in [0.5, 0.6) is 0 Å². The van der Waals surface area contributed by atoms with Gasteiger partial charge in [-0.05, 0) is 36.6 Å². The Kier molecular flexibility index (Phi) is 3.72. The summed E-state index contributed by atoms with van der Waals surface area (Å²) in [7, 11) is 0. The fraction of sp³-hybridized carbons (Fsp3) is 0.308. The van der Waals surface area contributed by atoms with Gasteiger partial charge in [0, 0.05) is 31.3 Å². The van der Waals surface area contributed by atoms with Crippen molar-refractivity contribution in [3.63, 3.8) is 0 Å². The number of non-ortho nitro benzene ring substituents is 1. The Bertz CT molecular complexity index is 474. The lowest BCUT2D eigenvalue weighted by atomic mass is 10.2. The first-order chi connectivity index (χ1) is 8.66. The van der Waals surface area contributed by atoms with Crippen molar-refractivity contribution in [1.82, 2.24) is 4.90 Å². The van der Waals surface area contributed by atoms with Gasteiger partial charge >= 0.3 is 0 Å². The summed E-state index contributed by atoms with van der Waals surface area (Å²) in [6.45, 7) is 1.65. The third kappa shape index (κ3) is 2.94. The van der Waals surface area contributed by atoms with Crippen LogP contribution >= 0.6 is 0 Å². The van der Waals surface area contributed by atoms with Gasteiger partial charge in [0.05, 0.1) is 4.92 Å². The van der Waals surface area contributed by atoms with Crippen molar-refractivity contribution in [3.8, 4) is 0 Å². The average molecular weight is 246 g/mol. The lowest BCUT2D eigenvalue weighted by molar-refractivity contribution is -0.384. The van der Waals surface area contributed by atoms with Crippen LogP contribution in [0.1, 0.15) is 18.4 Å². The van der Waals surface area contributed by atoms with Gasteiger partial charge in [0.15, 0.2) is 0 Å². The molecular weight excluding hydrogens is 232 g/mol. The number of amides is 1. The predicted octanol–water partition coefficient (Wildman–Crippen LogP) is 2.23. The first-order valence-corrected chi connectivity index (χ1v) is 5.88. The van der Waals surface area contributed by atoms with Crippen molar-refractivity contribution in [3.05, 3.63) is 46.0 Å². The van der Waals surface area contributed by atoms with Gasteiger partial charge in [-0.25, -0.2) is 0 Å². The second-order valence-electron chi connectivity index (χ2n) is 4.21. The van der Waals surface area contributed by atoms with Gasteiger partial charge in [-0.15, -0.1) is 0 Å². The van der Waals surface area contributed by atoms with Gasteiger partial charge in [0.1, 0.15) is 0 Å². The first kappa shape index (κ1) is 12.3. The number of carbonyl (C=O) groups is 1. The van der Waals surface area contributed by atoms with Crippen LogP contribution in [-0.2, 0) is 4.79 Å². The van der Waals surface area contributed by atoms with E-state index < -0.39 is 4.92 Å². The Morgan fingerprint density at radius 3 is 2.39 bits per heavy atom. The number of nitrogens with zero attached hydrogens (tertiary/aromatic N) is 2. The van der Waals surface area contributed by atoms with E-state index in [-0.39, 0.29) is 11.6 Å². The monoisotopic (exact) mass is 246 g/mol. The van der Waals surface area contributed by atoms with E-state index in [1.165, 1.54) is 18.2 Å². The maximum absolute atomic E-state index is 11.7. The molecule has 0 atom stereocenters. The number of hydrogen-bond acceptors (Lipinski definition) is 3. The molecule has 0 saturated carbocycles. The maximum Gasteiger partial charge on any atom is 0.269 e. The number of likely N-dealkylation sites (tertiary alicyclic amines) is 1. The minimum absolute atomic E-state index is 0.00542. The predicted molar refractivity (Wildman–Crippen MR) is 67.9 cm³/mol. The minimum Gasteiger partial charge on any atom is -0.339 e. The van der Waals surface area contributed by atoms with E-state index in [1.54, 1.807) is 18.2 Å². The number of benzene rings is 1. The summed E-state index contributed by atoms with van der Waals surface area (Å²) in [6.07, 6.45) is 5.34. The van der Waals surface area contributed by atoms with Crippen LogP contribution in [0.4, 0.5) is 5.69 Å². The SMILES string of the molecule is O=C(C=Cc1ccc([N+](=O)[O-])cc1)N1CCCC1. The second kappa shape index (κ2) is 5.44. The Balaban J connectivity index is 1.99. The van der Waals surface area contributed by atoms with Crippen molar-refractivity contribution < 1.29 is 9.72 Å². The zero-order valence-electron chi connectivity index (χ0n) is 9.91. The zero-order valence-corrected chi connectivity index (χ0v) is 9.91. The van der Waals surface area contributed by atoms with Gasteiger partial charge in [-0.3, -0.25) is 14.9 Å². The first-order valence-electron chi connectivity index (χ1n) is 5.88. The molecule has 1 heterocycles. The molecule has 1 aliphatic rings. The Morgan fingerprint density at radius 1 is 1.22 bits per heavy atom. The molecule has 0 unspecified atom stereocenters. The number of nitro benzene ring substituents is 1. The Morgan fingerprint density at radius 2 is 1.83 bits per heavy atom. The van der Waals surface area contributed by atoms with E-state index in [0.29, 0.717) is 0 Å². The molecule has 1 fully saturated rings. The highest BCUT2D eigenvalue weighted by molar-refractivity contribution is 5.91. The summed E-state index contributed by atoms with van der Waals surface area (Å²) in [5.74, 6) is 0.00542. The van der Waals surface area contributed by atoms with Crippen LogP contribution in [0.25, 0.3) is 6.08 Å². The van der Waals surface area contributed by atoms with Crippen molar-refractivity contribution in [2.75, 3.05) is 13.1 Å². The zero-order chi connectivity index (χ0) is 13.0. The lowest BCUT2D eigenvalue weighted by Crippen LogP contribution is -2.25. The summed E-state index contributed by atoms with van der Waals surface area (Å²) in [5, 5.41) is 10.5. The molecule has 94 valence electrons. The average Bonchev–Trinajstić information content (AvgIpc) is 2.90. The van der Waals surface area contributed by atoms with E-state index in [1.807, 2.05) is 4.90 Å². The minimum atomic E-state index is -0.442. The molecule has 1 aromatic carbocycles. The highest BCUT2D eigenvalue weighted by atomic mass is 16.6. The van der Waals surface area contributed by atoms with E-state index in [2.05, 4.69) is 0 Å². The van der Waals surface area contributed by atoms with E-state index in [9.17, 15) is 14.9 Å². The number of hydrogen-bond donors (Lipinski definition) is 0. The molecule has 1 amide bonds. The molecular formula is C13H14N2O3. The second-order valence-corrected chi connectivity index (χ2v) is 4.21. The van der Waals surface area contributed by atoms with Crippen molar-refractivity contribution in [1.29, 1.82) is 0 Å². The third-order valence-electron chi connectivity index (χ3n) is 2.94. The Hall–Kier alpha value is -2.17. The molecule has 0 spiro atoms. The molecule has 18 heavy (non-hydrogen) atoms. The quantitative estimate of drug-likeness (QED) is 0.466. The topological polar surface area (TPSA) is 63.4 Å². The lowest BCUT2D eigenvalue weighted by Gasteiger charge is -2.11. The summed E-state index contributed by atoms with van der Waals surface area (Å²) in [6, 6.07) is 6.12. The molecule has 0 N–H and O–H groups in total. The standard InChI is InChI=1S/C13H14N2O3/c16-13(14-9-1-2-10-14)8-5-11-3-6-12(7-4-11)15(17)18/h3-8H,1-2,9-10H2. The molecule has 0 bridgehead atoms. The fourth-order valence-electron chi connectivity index (χ4n) is 1.92. The van der Waals surface area contributed by atoms with E-state index >= 15 is 0 Å². The molecule has 2 rings (SSSR count). The molecule has 5 nitrogen and oxygen atoms in total. The molecule has 1 saturated heterocycles. The number of nitro groups is 1. The molecule has 1 aliphatic heterocycles. The van der Waals surface area contributed by atoms with Crippen LogP contribution in [-0.4, -0.2) is 28.8 Å². The summed E-state index contributed by atoms with van der Waals surface area (Å²) >= 11 is 0. The van der Waals surface area contributed by atoms with Crippen LogP contribution in [0.2, 0.25) is 0 Å². The molecule has 0 radical (unpaired) electrons. The molecule has 0 aliphatic carbocycles. The van der Waals surface area contributed by atoms with Gasteiger partial charge in [0.2, 0.25) is 5.91 Å². The highest BCUT2D eigenvalue weighted by Gasteiger charge is 2.14. The van der Waals surface area contributed by atoms with Crippen LogP contribution in [0.15, 0.2) is 30.3 Å². The van der Waals surface area contributed by atoms with Gasteiger partial charge in [-0.2, -0.15) is 0 Å². The summed E-state index contributed by atoms with van der Waals surface area (Å²) in [4.78, 5) is 23.6. The Labute approximate surface area is 105 Å². The van der Waals surface area contributed by atoms with Gasteiger partial charge in [-0.1, -0.05) is 0 Å². The number of carbonyl (C=O) groups excluding carboxylic acids is 1. The van der Waals surface area contributed by atoms with Crippen LogP contribution in [0, 0.1) is 10.1 Å².